The molecule has 1 aromatic rings. The standard InChI is InChI=1S/C9H10F3NO/c10-9(11,12)7-3-1-2-6(4-7)8(14)5-13/h1-4,8,14H,5,13H2/t8-/m0/s1. The third-order valence-electron chi connectivity index (χ3n) is 1.82. The first-order valence-corrected chi connectivity index (χ1v) is 4.00. The van der Waals surface area contributed by atoms with Crippen molar-refractivity contribution in [1.29, 1.82) is 0 Å². The highest BCUT2D eigenvalue weighted by atomic mass is 19.4. The number of rotatable bonds is 2. The molecular formula is C9H10F3NO. The highest BCUT2D eigenvalue weighted by Crippen LogP contribution is 2.30. The molecule has 0 amide bonds. The van der Waals surface area contributed by atoms with Gasteiger partial charge in [-0.15, -0.1) is 0 Å². The number of nitrogens with two attached hydrogens (primary N) is 1. The molecule has 2 nitrogen and oxygen atoms in total. The molecule has 0 saturated carbocycles. The van der Waals surface area contributed by atoms with E-state index >= 15 is 0 Å². The molecule has 1 atom stereocenters. The van der Waals surface area contributed by atoms with E-state index in [0.29, 0.717) is 0 Å². The molecule has 3 N–H and O–H groups in total. The van der Waals surface area contributed by atoms with Gasteiger partial charge < -0.3 is 10.8 Å². The van der Waals surface area contributed by atoms with Crippen LogP contribution in [0.2, 0.25) is 0 Å². The molecule has 0 spiro atoms. The van der Waals surface area contributed by atoms with Crippen LogP contribution in [0.5, 0.6) is 0 Å². The van der Waals surface area contributed by atoms with E-state index in [1.807, 2.05) is 0 Å². The van der Waals surface area contributed by atoms with Crippen molar-refractivity contribution in [1.82, 2.24) is 0 Å². The largest absolute Gasteiger partial charge is 0.416 e. The van der Waals surface area contributed by atoms with Gasteiger partial charge in [0.1, 0.15) is 0 Å². The Hall–Kier alpha value is -1.07. The summed E-state index contributed by atoms with van der Waals surface area (Å²) >= 11 is 0. The Balaban J connectivity index is 3.01. The van der Waals surface area contributed by atoms with E-state index in [-0.39, 0.29) is 12.1 Å². The molecule has 0 saturated heterocycles. The van der Waals surface area contributed by atoms with Crippen LogP contribution in [-0.4, -0.2) is 11.7 Å². The zero-order chi connectivity index (χ0) is 10.8. The van der Waals surface area contributed by atoms with Gasteiger partial charge in [0.05, 0.1) is 11.7 Å². The molecule has 14 heavy (non-hydrogen) atoms. The molecule has 78 valence electrons. The fourth-order valence-electron chi connectivity index (χ4n) is 1.06. The van der Waals surface area contributed by atoms with Crippen LogP contribution in [0.1, 0.15) is 17.2 Å². The highest BCUT2D eigenvalue weighted by Gasteiger charge is 2.30. The summed E-state index contributed by atoms with van der Waals surface area (Å²) in [6.45, 7) is -0.0959. The van der Waals surface area contributed by atoms with Gasteiger partial charge in [0.15, 0.2) is 0 Å². The minimum atomic E-state index is -4.38. The van der Waals surface area contributed by atoms with Crippen molar-refractivity contribution >= 4 is 0 Å². The predicted molar refractivity (Wildman–Crippen MR) is 45.5 cm³/mol. The van der Waals surface area contributed by atoms with E-state index in [0.717, 1.165) is 12.1 Å². The lowest BCUT2D eigenvalue weighted by Crippen LogP contribution is -2.13. The summed E-state index contributed by atoms with van der Waals surface area (Å²) in [5, 5.41) is 9.23. The van der Waals surface area contributed by atoms with Crippen LogP contribution in [0.4, 0.5) is 13.2 Å². The lowest BCUT2D eigenvalue weighted by Gasteiger charge is -2.11. The van der Waals surface area contributed by atoms with E-state index in [2.05, 4.69) is 0 Å². The summed E-state index contributed by atoms with van der Waals surface area (Å²) in [4.78, 5) is 0. The molecule has 0 unspecified atom stereocenters. The van der Waals surface area contributed by atoms with E-state index in [4.69, 9.17) is 5.73 Å². The number of aliphatic hydroxyl groups is 1. The molecule has 1 aromatic carbocycles. The van der Waals surface area contributed by atoms with Crippen LogP contribution >= 0.6 is 0 Å². The third kappa shape index (κ3) is 2.46. The van der Waals surface area contributed by atoms with Crippen molar-refractivity contribution in [2.75, 3.05) is 6.54 Å². The fraction of sp³-hybridized carbons (Fsp3) is 0.333. The molecular weight excluding hydrogens is 195 g/mol. The molecule has 0 aliphatic rings. The van der Waals surface area contributed by atoms with Gasteiger partial charge in [0.25, 0.3) is 0 Å². The molecule has 0 aliphatic carbocycles. The Morgan fingerprint density at radius 2 is 2.00 bits per heavy atom. The smallest absolute Gasteiger partial charge is 0.387 e. The van der Waals surface area contributed by atoms with Crippen molar-refractivity contribution in [3.63, 3.8) is 0 Å². The molecule has 0 aliphatic heterocycles. The van der Waals surface area contributed by atoms with Crippen LogP contribution in [0.3, 0.4) is 0 Å². The van der Waals surface area contributed by atoms with Gasteiger partial charge in [-0.2, -0.15) is 13.2 Å². The van der Waals surface area contributed by atoms with E-state index in [1.54, 1.807) is 0 Å². The maximum absolute atomic E-state index is 12.2. The van der Waals surface area contributed by atoms with E-state index < -0.39 is 17.8 Å². The molecule has 1 rings (SSSR count). The Bertz CT molecular complexity index is 311. The molecule has 0 radical (unpaired) electrons. The summed E-state index contributed by atoms with van der Waals surface area (Å²) in [6, 6.07) is 4.51. The van der Waals surface area contributed by atoms with Crippen LogP contribution in [0.25, 0.3) is 0 Å². The number of hydrogen-bond donors (Lipinski definition) is 2. The first-order chi connectivity index (χ1) is 6.45. The van der Waals surface area contributed by atoms with Gasteiger partial charge in [-0.3, -0.25) is 0 Å². The lowest BCUT2D eigenvalue weighted by atomic mass is 10.1. The van der Waals surface area contributed by atoms with Crippen LogP contribution in [-0.2, 0) is 6.18 Å². The second-order valence-electron chi connectivity index (χ2n) is 2.87. The van der Waals surface area contributed by atoms with Crippen LogP contribution < -0.4 is 5.73 Å². The minimum absolute atomic E-state index is 0.0959. The Labute approximate surface area is 79.2 Å². The van der Waals surface area contributed by atoms with E-state index in [1.165, 1.54) is 12.1 Å². The van der Waals surface area contributed by atoms with Crippen LogP contribution in [0, 0.1) is 0 Å². The first-order valence-electron chi connectivity index (χ1n) is 4.00. The van der Waals surface area contributed by atoms with Gasteiger partial charge in [0, 0.05) is 6.54 Å². The topological polar surface area (TPSA) is 46.2 Å². The van der Waals surface area contributed by atoms with Gasteiger partial charge >= 0.3 is 6.18 Å². The molecule has 0 heterocycles. The fourth-order valence-corrected chi connectivity index (χ4v) is 1.06. The molecule has 0 aromatic heterocycles. The SMILES string of the molecule is NC[C@H](O)c1cccc(C(F)(F)F)c1. The number of benzene rings is 1. The Kier molecular flexibility index (Phi) is 3.13. The maximum atomic E-state index is 12.2. The number of hydrogen-bond acceptors (Lipinski definition) is 2. The number of aliphatic hydroxyl groups excluding tert-OH is 1. The second kappa shape index (κ2) is 3.98. The monoisotopic (exact) mass is 205 g/mol. The summed E-state index contributed by atoms with van der Waals surface area (Å²) in [7, 11) is 0. The van der Waals surface area contributed by atoms with Crippen molar-refractivity contribution in [3.8, 4) is 0 Å². The van der Waals surface area contributed by atoms with Crippen molar-refractivity contribution < 1.29 is 18.3 Å². The zero-order valence-corrected chi connectivity index (χ0v) is 7.25. The Morgan fingerprint density at radius 1 is 1.36 bits per heavy atom. The van der Waals surface area contributed by atoms with Crippen molar-refractivity contribution in [2.45, 2.75) is 12.3 Å². The average molecular weight is 205 g/mol. The zero-order valence-electron chi connectivity index (χ0n) is 7.25. The molecule has 0 bridgehead atoms. The molecule has 0 fully saturated rings. The molecule has 5 heteroatoms. The van der Waals surface area contributed by atoms with Gasteiger partial charge in [-0.1, -0.05) is 12.1 Å². The Morgan fingerprint density at radius 3 is 2.50 bits per heavy atom. The van der Waals surface area contributed by atoms with Gasteiger partial charge in [0.2, 0.25) is 0 Å². The quantitative estimate of drug-likeness (QED) is 0.771. The van der Waals surface area contributed by atoms with Gasteiger partial charge in [-0.05, 0) is 17.7 Å². The predicted octanol–water partition coefficient (Wildman–Crippen LogP) is 1.70. The van der Waals surface area contributed by atoms with Gasteiger partial charge in [-0.25, -0.2) is 0 Å². The first kappa shape index (κ1) is 11.0. The summed E-state index contributed by atoms with van der Waals surface area (Å²) in [5.41, 5.74) is 4.54. The lowest BCUT2D eigenvalue weighted by molar-refractivity contribution is -0.137. The number of alkyl halides is 3. The van der Waals surface area contributed by atoms with E-state index in [9.17, 15) is 18.3 Å². The summed E-state index contributed by atoms with van der Waals surface area (Å²) < 4.78 is 36.7. The second-order valence-corrected chi connectivity index (χ2v) is 2.87. The third-order valence-corrected chi connectivity index (χ3v) is 1.82. The average Bonchev–Trinajstić information content (AvgIpc) is 2.15. The maximum Gasteiger partial charge on any atom is 0.416 e. The summed E-state index contributed by atoms with van der Waals surface area (Å²) in [5.74, 6) is 0. The summed E-state index contributed by atoms with van der Waals surface area (Å²) in [6.07, 6.45) is -5.43. The van der Waals surface area contributed by atoms with Crippen LogP contribution in [0.15, 0.2) is 24.3 Å². The number of halogens is 3. The highest BCUT2D eigenvalue weighted by molar-refractivity contribution is 5.27. The van der Waals surface area contributed by atoms with Crippen molar-refractivity contribution in [2.24, 2.45) is 5.73 Å². The normalized spacial score (nSPS) is 14.1. The minimum Gasteiger partial charge on any atom is -0.387 e. The van der Waals surface area contributed by atoms with Crippen molar-refractivity contribution in [3.05, 3.63) is 35.4 Å².